The highest BCUT2D eigenvalue weighted by Gasteiger charge is 2.11. The van der Waals surface area contributed by atoms with Crippen LogP contribution in [0.3, 0.4) is 0 Å². The monoisotopic (exact) mass is 1870 g/mol. The van der Waals surface area contributed by atoms with Gasteiger partial charge in [-0.1, -0.05) is 97.1 Å². The number of nitrogens with one attached hydrogen (secondary N) is 6. The molecule has 0 aliphatic rings. The van der Waals surface area contributed by atoms with Gasteiger partial charge in [-0.15, -0.1) is 0 Å². The number of phenols is 17. The summed E-state index contributed by atoms with van der Waals surface area (Å²) in [5.41, 5.74) is 9.75. The summed E-state index contributed by atoms with van der Waals surface area (Å²) in [4.78, 5) is 70.3. The summed E-state index contributed by atoms with van der Waals surface area (Å²) in [6.45, 7) is 2.74. The third-order valence-electron chi connectivity index (χ3n) is 19.3. The van der Waals surface area contributed by atoms with Crippen molar-refractivity contribution in [3.05, 3.63) is 346 Å². The van der Waals surface area contributed by atoms with Gasteiger partial charge >= 0.3 is 0 Å². The van der Waals surface area contributed by atoms with Gasteiger partial charge < -0.3 is 133 Å². The molecule has 0 radical (unpaired) electrons. The van der Waals surface area contributed by atoms with Crippen molar-refractivity contribution in [2.75, 3.05) is 60.6 Å². The number of hydrogen-bond donors (Lipinski definition) is 23. The molecule has 0 heterocycles. The average molecular weight is 1870 g/mol. The van der Waals surface area contributed by atoms with Crippen molar-refractivity contribution in [3.8, 4) is 115 Å². The van der Waals surface area contributed by atoms with Crippen LogP contribution in [0.1, 0.15) is 66.8 Å². The lowest BCUT2D eigenvalue weighted by molar-refractivity contribution is -0.117. The van der Waals surface area contributed by atoms with Crippen LogP contribution in [-0.2, 0) is 67.3 Å². The van der Waals surface area contributed by atoms with Crippen LogP contribution in [0.5, 0.6) is 115 Å². The fourth-order valence-electron chi connectivity index (χ4n) is 11.8. The van der Waals surface area contributed by atoms with Crippen LogP contribution in [0.2, 0.25) is 0 Å². The molecule has 714 valence electrons. The van der Waals surface area contributed by atoms with Gasteiger partial charge in [-0.25, -0.2) is 0 Å². The van der Waals surface area contributed by atoms with Crippen LogP contribution < -0.4 is 46.1 Å². The van der Waals surface area contributed by atoms with Crippen LogP contribution in [0.25, 0.3) is 36.5 Å². The standard InChI is InChI=1S/C18H19NO5.2C18H19NO4.C17H17NO5.2C17H17NO4/c1-24-17-11-12(3-6-15(17)21)4-7-18(23)19-9-8-13-2-5-14(20)16(22)10-13;2*1-23-17-12-14(4-8-16(17)21)5-9-18(22)19-11-10-13-2-6-15(20)7-3-13;19-13-4-1-11(9-15(13)21)3-6-17(23)18-8-7-12-2-5-14(20)16(22)10-12;2*19-14-5-1-12(2-6-14)9-10-18-17(22)8-4-13-3-7-15(20)16(21)11-13/h2-7,10-11,20-22H,8-9H2,1H3,(H,19,23);2*2-9,12,20-21H,10-11H2,1H3,(H,19,22);1-6,9-10,19-22H,7-8H2,(H,18,23);2*1-8,11,19-21H,9-10H2,(H,18,22)/b7-4+;9-5+;9-5-;6-3+;8-4+;8-4-. The number of carbonyl (C=O) groups is 6. The highest BCUT2D eigenvalue weighted by Crippen LogP contribution is 2.33. The fraction of sp³-hybridized carbons (Fsp3) is 0.143. The molecule has 12 aromatic rings. The van der Waals surface area contributed by atoms with E-state index in [9.17, 15) is 116 Å². The SMILES string of the molecule is COc1cc(/C=C/C(=O)NCCc2ccc(O)c(O)c2)ccc1O.COc1cc(/C=C/C(=O)NCCc2ccc(O)cc2)ccc1O.COc1cc(/C=C\C(=O)NCCc2ccc(O)cc2)ccc1O.O=C(/C=C/c1ccc(O)c(O)c1)NCCc1ccc(O)c(O)c1.O=C(/C=C/c1ccc(O)c(O)c1)NCCc1ccc(O)cc1.O=C(/C=C\c1ccc(O)c(O)c1)NCCc1ccc(O)cc1. The Morgan fingerprint density at radius 3 is 0.540 bits per heavy atom. The van der Waals surface area contributed by atoms with Crippen molar-refractivity contribution < 1.29 is 130 Å². The largest absolute Gasteiger partial charge is 0.508 e. The molecule has 0 saturated carbocycles. The van der Waals surface area contributed by atoms with E-state index >= 15 is 0 Å². The normalized spacial score (nSPS) is 10.7. The van der Waals surface area contributed by atoms with Gasteiger partial charge in [0.25, 0.3) is 0 Å². The molecule has 32 nitrogen and oxygen atoms in total. The second kappa shape index (κ2) is 56.5. The molecule has 0 saturated heterocycles. The molecular weight excluding hydrogens is 1760 g/mol. The molecule has 0 aromatic heterocycles. The van der Waals surface area contributed by atoms with Gasteiger partial charge in [0.05, 0.1) is 21.3 Å². The lowest BCUT2D eigenvalue weighted by Gasteiger charge is -2.05. The van der Waals surface area contributed by atoms with E-state index in [1.165, 1.54) is 143 Å². The Balaban J connectivity index is 0.000000224. The number of benzene rings is 12. The minimum atomic E-state index is -0.305. The number of methoxy groups -OCH3 is 3. The molecule has 0 fully saturated rings. The second-order valence-electron chi connectivity index (χ2n) is 29.6. The van der Waals surface area contributed by atoms with Crippen molar-refractivity contribution >= 4 is 71.9 Å². The summed E-state index contributed by atoms with van der Waals surface area (Å²) in [6, 6.07) is 63.8. The quantitative estimate of drug-likeness (QED) is 0.0134. The van der Waals surface area contributed by atoms with E-state index in [0.717, 1.165) is 50.1 Å². The summed E-state index contributed by atoms with van der Waals surface area (Å²) in [5, 5.41) is 175. The molecule has 23 N–H and O–H groups in total. The molecule has 0 aliphatic heterocycles. The summed E-state index contributed by atoms with van der Waals surface area (Å²) in [5.74, 6) is -1.40. The van der Waals surface area contributed by atoms with Gasteiger partial charge in [-0.3, -0.25) is 28.8 Å². The number of hydrogen-bond acceptors (Lipinski definition) is 26. The zero-order chi connectivity index (χ0) is 99.6. The third-order valence-corrected chi connectivity index (χ3v) is 19.3. The van der Waals surface area contributed by atoms with E-state index in [0.29, 0.717) is 112 Å². The number of ether oxygens (including phenoxy) is 3. The fourth-order valence-corrected chi connectivity index (χ4v) is 11.8. The van der Waals surface area contributed by atoms with Gasteiger partial charge in [0.1, 0.15) is 23.0 Å². The van der Waals surface area contributed by atoms with Crippen LogP contribution in [0.15, 0.2) is 279 Å². The topological polar surface area (TPSA) is 546 Å². The van der Waals surface area contributed by atoms with Crippen molar-refractivity contribution in [1.29, 1.82) is 0 Å². The highest BCUT2D eigenvalue weighted by molar-refractivity contribution is 5.95. The van der Waals surface area contributed by atoms with Crippen molar-refractivity contribution in [3.63, 3.8) is 0 Å². The minimum Gasteiger partial charge on any atom is -0.508 e. The van der Waals surface area contributed by atoms with E-state index in [-0.39, 0.29) is 133 Å². The molecule has 0 aliphatic carbocycles. The zero-order valence-electron chi connectivity index (χ0n) is 74.8. The first-order chi connectivity index (χ1) is 65.7. The van der Waals surface area contributed by atoms with Crippen LogP contribution >= 0.6 is 0 Å². The van der Waals surface area contributed by atoms with Crippen molar-refractivity contribution in [2.24, 2.45) is 0 Å². The Labute approximate surface area is 789 Å². The number of aromatic hydroxyl groups is 17. The van der Waals surface area contributed by atoms with E-state index in [1.54, 1.807) is 170 Å². The Hall–Kier alpha value is -18.1. The third kappa shape index (κ3) is 40.4. The highest BCUT2D eigenvalue weighted by atomic mass is 16.5. The van der Waals surface area contributed by atoms with E-state index in [4.69, 9.17) is 14.2 Å². The van der Waals surface area contributed by atoms with Crippen LogP contribution in [0, 0.1) is 0 Å². The van der Waals surface area contributed by atoms with Crippen molar-refractivity contribution in [1.82, 2.24) is 31.9 Å². The van der Waals surface area contributed by atoms with Gasteiger partial charge in [0.15, 0.2) is 92.0 Å². The number of rotatable bonds is 33. The van der Waals surface area contributed by atoms with E-state index in [1.807, 2.05) is 24.3 Å². The lowest BCUT2D eigenvalue weighted by Crippen LogP contribution is -2.23. The Morgan fingerprint density at radius 1 is 0.197 bits per heavy atom. The van der Waals surface area contributed by atoms with Gasteiger partial charge in [-0.05, 0) is 287 Å². The predicted molar refractivity (Wildman–Crippen MR) is 520 cm³/mol. The lowest BCUT2D eigenvalue weighted by atomic mass is 10.1. The average Bonchev–Trinajstić information content (AvgIpc) is 0.806. The molecule has 0 atom stereocenters. The Morgan fingerprint density at radius 2 is 0.358 bits per heavy atom. The minimum absolute atomic E-state index is 0.0382. The number of amides is 6. The maximum absolute atomic E-state index is 11.8. The first kappa shape index (κ1) is 106. The van der Waals surface area contributed by atoms with Gasteiger partial charge in [0, 0.05) is 75.7 Å². The summed E-state index contributed by atoms with van der Waals surface area (Å²) < 4.78 is 15.0. The molecule has 32 heteroatoms. The maximum Gasteiger partial charge on any atom is 0.244 e. The molecule has 0 spiro atoms. The zero-order valence-corrected chi connectivity index (χ0v) is 74.8. The summed E-state index contributed by atoms with van der Waals surface area (Å²) >= 11 is 0. The van der Waals surface area contributed by atoms with E-state index < -0.39 is 0 Å². The number of carbonyl (C=O) groups excluding carboxylic acids is 6. The Bertz CT molecular complexity index is 5910. The molecule has 0 bridgehead atoms. The summed E-state index contributed by atoms with van der Waals surface area (Å²) in [7, 11) is 4.40. The maximum atomic E-state index is 11.8. The first-order valence-corrected chi connectivity index (χ1v) is 42.3. The van der Waals surface area contributed by atoms with Gasteiger partial charge in [-0.2, -0.15) is 0 Å². The number of phenolic OH excluding ortho intramolecular Hbond substituents is 17. The van der Waals surface area contributed by atoms with Gasteiger partial charge in [0.2, 0.25) is 35.4 Å². The molecule has 6 amide bonds. The van der Waals surface area contributed by atoms with Crippen LogP contribution in [0.4, 0.5) is 0 Å². The molecule has 0 unspecified atom stereocenters. The molecular formula is C105H108N6O26. The smallest absolute Gasteiger partial charge is 0.244 e. The molecule has 12 rings (SSSR count). The molecule has 12 aromatic carbocycles. The predicted octanol–water partition coefficient (Wildman–Crippen LogP) is 13.4. The van der Waals surface area contributed by atoms with E-state index in [2.05, 4.69) is 31.9 Å². The van der Waals surface area contributed by atoms with Crippen molar-refractivity contribution in [2.45, 2.75) is 38.5 Å². The first-order valence-electron chi connectivity index (χ1n) is 42.3. The summed E-state index contributed by atoms with van der Waals surface area (Å²) in [6.07, 6.45) is 21.6. The second-order valence-corrected chi connectivity index (χ2v) is 29.6. The van der Waals surface area contributed by atoms with Crippen LogP contribution in [-0.4, -0.2) is 183 Å². The molecule has 137 heavy (non-hydrogen) atoms. The Kier molecular flexibility index (Phi) is 43.7.